The summed E-state index contributed by atoms with van der Waals surface area (Å²) in [6, 6.07) is 17.4. The molecule has 1 heterocycles. The van der Waals surface area contributed by atoms with Gasteiger partial charge in [-0.3, -0.25) is 4.79 Å². The Kier molecular flexibility index (Phi) is 6.46. The number of piperidine rings is 1. The van der Waals surface area contributed by atoms with Crippen LogP contribution in [0.4, 0.5) is 0 Å². The Morgan fingerprint density at radius 2 is 1.92 bits per heavy atom. The molecule has 1 fully saturated rings. The van der Waals surface area contributed by atoms with Crippen LogP contribution in [0, 0.1) is 5.92 Å². The fraction of sp³-hybridized carbons (Fsp3) is 0.381. The van der Waals surface area contributed by atoms with Crippen LogP contribution in [0.5, 0.6) is 5.75 Å². The fourth-order valence-corrected chi connectivity index (χ4v) is 3.10. The average molecular weight is 338 g/mol. The summed E-state index contributed by atoms with van der Waals surface area (Å²) in [5, 5.41) is 6.44. The Balaban J connectivity index is 1.42. The monoisotopic (exact) mass is 338 g/mol. The summed E-state index contributed by atoms with van der Waals surface area (Å²) in [7, 11) is 0. The second kappa shape index (κ2) is 9.23. The van der Waals surface area contributed by atoms with Crippen LogP contribution in [-0.2, 0) is 6.61 Å². The number of carbonyl (C=O) groups excluding carboxylic acids is 1. The maximum atomic E-state index is 12.2. The quantitative estimate of drug-likeness (QED) is 0.814. The number of carbonyl (C=O) groups is 1. The molecule has 2 aromatic carbocycles. The first-order valence-electron chi connectivity index (χ1n) is 9.07. The Hall–Kier alpha value is -2.33. The van der Waals surface area contributed by atoms with Crippen molar-refractivity contribution in [3.05, 3.63) is 65.7 Å². The summed E-state index contributed by atoms with van der Waals surface area (Å²) < 4.78 is 5.72. The van der Waals surface area contributed by atoms with E-state index in [-0.39, 0.29) is 5.91 Å². The Morgan fingerprint density at radius 1 is 1.12 bits per heavy atom. The second-order valence-electron chi connectivity index (χ2n) is 6.56. The number of ether oxygens (including phenoxy) is 1. The van der Waals surface area contributed by atoms with Crippen molar-refractivity contribution in [2.24, 2.45) is 5.92 Å². The van der Waals surface area contributed by atoms with Gasteiger partial charge in [0.25, 0.3) is 5.91 Å². The zero-order valence-electron chi connectivity index (χ0n) is 14.5. The first kappa shape index (κ1) is 17.5. The Bertz CT molecular complexity index is 649. The van der Waals surface area contributed by atoms with Gasteiger partial charge in [0, 0.05) is 12.1 Å². The molecule has 1 unspecified atom stereocenters. The average Bonchev–Trinajstić information content (AvgIpc) is 2.68. The molecule has 2 N–H and O–H groups in total. The summed E-state index contributed by atoms with van der Waals surface area (Å²) in [6.07, 6.45) is 3.55. The van der Waals surface area contributed by atoms with Gasteiger partial charge in [-0.25, -0.2) is 0 Å². The van der Waals surface area contributed by atoms with E-state index in [2.05, 4.69) is 10.6 Å². The van der Waals surface area contributed by atoms with E-state index in [1.54, 1.807) is 0 Å². The minimum Gasteiger partial charge on any atom is -0.489 e. The molecule has 132 valence electrons. The number of hydrogen-bond acceptors (Lipinski definition) is 3. The van der Waals surface area contributed by atoms with Crippen LogP contribution in [0.2, 0.25) is 0 Å². The van der Waals surface area contributed by atoms with E-state index in [4.69, 9.17) is 4.74 Å². The molecule has 0 aromatic heterocycles. The van der Waals surface area contributed by atoms with Crippen molar-refractivity contribution >= 4 is 5.91 Å². The molecule has 25 heavy (non-hydrogen) atoms. The summed E-state index contributed by atoms with van der Waals surface area (Å²) in [4.78, 5) is 12.2. The maximum Gasteiger partial charge on any atom is 0.251 e. The van der Waals surface area contributed by atoms with Gasteiger partial charge in [-0.1, -0.05) is 30.3 Å². The van der Waals surface area contributed by atoms with E-state index >= 15 is 0 Å². The largest absolute Gasteiger partial charge is 0.489 e. The van der Waals surface area contributed by atoms with Crippen molar-refractivity contribution in [3.8, 4) is 5.75 Å². The molecule has 0 saturated carbocycles. The molecule has 3 rings (SSSR count). The van der Waals surface area contributed by atoms with Crippen LogP contribution < -0.4 is 15.4 Å². The van der Waals surface area contributed by atoms with Crippen LogP contribution in [-0.4, -0.2) is 25.5 Å². The fourth-order valence-electron chi connectivity index (χ4n) is 3.10. The van der Waals surface area contributed by atoms with E-state index in [9.17, 15) is 4.79 Å². The molecule has 4 heteroatoms. The van der Waals surface area contributed by atoms with Gasteiger partial charge >= 0.3 is 0 Å². The predicted octanol–water partition coefficient (Wildman–Crippen LogP) is 3.39. The molecule has 1 amide bonds. The Labute approximate surface area is 149 Å². The third kappa shape index (κ3) is 5.61. The standard InChI is InChI=1S/C21H26N2O2/c24-21(23-14-12-17-5-4-13-22-15-17)19-10-8-18(9-11-19)16-25-20-6-2-1-3-7-20/h1-3,6-11,17,22H,4-5,12-16H2,(H,23,24). The molecule has 0 aliphatic carbocycles. The van der Waals surface area contributed by atoms with E-state index in [1.807, 2.05) is 54.6 Å². The third-order valence-electron chi connectivity index (χ3n) is 4.60. The lowest BCUT2D eigenvalue weighted by Gasteiger charge is -2.22. The minimum atomic E-state index is -0.000652. The topological polar surface area (TPSA) is 50.4 Å². The Morgan fingerprint density at radius 3 is 2.64 bits per heavy atom. The van der Waals surface area contributed by atoms with Gasteiger partial charge in [-0.2, -0.15) is 0 Å². The number of nitrogens with one attached hydrogen (secondary N) is 2. The van der Waals surface area contributed by atoms with Crippen molar-refractivity contribution in [2.45, 2.75) is 25.9 Å². The number of benzene rings is 2. The predicted molar refractivity (Wildman–Crippen MR) is 99.8 cm³/mol. The van der Waals surface area contributed by atoms with Gasteiger partial charge < -0.3 is 15.4 Å². The molecule has 1 saturated heterocycles. The van der Waals surface area contributed by atoms with Gasteiger partial charge in [0.2, 0.25) is 0 Å². The van der Waals surface area contributed by atoms with Crippen molar-refractivity contribution in [3.63, 3.8) is 0 Å². The molecule has 4 nitrogen and oxygen atoms in total. The summed E-state index contributed by atoms with van der Waals surface area (Å²) in [6.45, 7) is 3.44. The smallest absolute Gasteiger partial charge is 0.251 e. The summed E-state index contributed by atoms with van der Waals surface area (Å²) in [5.41, 5.74) is 1.75. The molecule has 1 aliphatic rings. The number of rotatable bonds is 7. The lowest BCUT2D eigenvalue weighted by Crippen LogP contribution is -2.33. The van der Waals surface area contributed by atoms with E-state index < -0.39 is 0 Å². The van der Waals surface area contributed by atoms with E-state index in [1.165, 1.54) is 12.8 Å². The van der Waals surface area contributed by atoms with Gasteiger partial charge in [0.1, 0.15) is 12.4 Å². The third-order valence-corrected chi connectivity index (χ3v) is 4.60. The van der Waals surface area contributed by atoms with Crippen molar-refractivity contribution in [1.82, 2.24) is 10.6 Å². The van der Waals surface area contributed by atoms with Gasteiger partial charge in [0.05, 0.1) is 0 Å². The van der Waals surface area contributed by atoms with Crippen molar-refractivity contribution in [2.75, 3.05) is 19.6 Å². The van der Waals surface area contributed by atoms with Gasteiger partial charge in [0.15, 0.2) is 0 Å². The van der Waals surface area contributed by atoms with Crippen LogP contribution in [0.25, 0.3) is 0 Å². The highest BCUT2D eigenvalue weighted by molar-refractivity contribution is 5.94. The van der Waals surface area contributed by atoms with Crippen molar-refractivity contribution in [1.29, 1.82) is 0 Å². The molecular weight excluding hydrogens is 312 g/mol. The summed E-state index contributed by atoms with van der Waals surface area (Å²) in [5.74, 6) is 1.53. The highest BCUT2D eigenvalue weighted by atomic mass is 16.5. The molecule has 2 aromatic rings. The number of para-hydroxylation sites is 1. The number of hydrogen-bond donors (Lipinski definition) is 2. The normalized spacial score (nSPS) is 17.0. The maximum absolute atomic E-state index is 12.2. The van der Waals surface area contributed by atoms with Crippen LogP contribution in [0.15, 0.2) is 54.6 Å². The summed E-state index contributed by atoms with van der Waals surface area (Å²) >= 11 is 0. The van der Waals surface area contributed by atoms with Crippen LogP contribution in [0.3, 0.4) is 0 Å². The van der Waals surface area contributed by atoms with E-state index in [0.29, 0.717) is 18.1 Å². The molecular formula is C21H26N2O2. The zero-order chi connectivity index (χ0) is 17.3. The second-order valence-corrected chi connectivity index (χ2v) is 6.56. The zero-order valence-corrected chi connectivity index (χ0v) is 14.5. The van der Waals surface area contributed by atoms with E-state index in [0.717, 1.165) is 37.4 Å². The molecule has 0 spiro atoms. The lowest BCUT2D eigenvalue weighted by atomic mass is 9.96. The van der Waals surface area contributed by atoms with Crippen LogP contribution in [0.1, 0.15) is 35.2 Å². The number of amides is 1. The van der Waals surface area contributed by atoms with Crippen LogP contribution >= 0.6 is 0 Å². The lowest BCUT2D eigenvalue weighted by molar-refractivity contribution is 0.0950. The minimum absolute atomic E-state index is 0.000652. The van der Waals surface area contributed by atoms with Crippen molar-refractivity contribution < 1.29 is 9.53 Å². The highest BCUT2D eigenvalue weighted by Crippen LogP contribution is 2.14. The highest BCUT2D eigenvalue weighted by Gasteiger charge is 2.13. The molecule has 1 atom stereocenters. The molecule has 1 aliphatic heterocycles. The van der Waals surface area contributed by atoms with Gasteiger partial charge in [-0.15, -0.1) is 0 Å². The molecule has 0 radical (unpaired) electrons. The van der Waals surface area contributed by atoms with Gasteiger partial charge in [-0.05, 0) is 68.1 Å². The molecule has 0 bridgehead atoms. The first-order chi connectivity index (χ1) is 12.3. The first-order valence-corrected chi connectivity index (χ1v) is 9.07. The SMILES string of the molecule is O=C(NCCC1CCCNC1)c1ccc(COc2ccccc2)cc1.